The fraction of sp³-hybridized carbons (Fsp3) is 0.500. The van der Waals surface area contributed by atoms with Gasteiger partial charge in [-0.3, -0.25) is 0 Å². The largest absolute Gasteiger partial charge is 0.466 e. The van der Waals surface area contributed by atoms with E-state index in [1.807, 2.05) is 0 Å². The Balaban J connectivity index is -0.000000285. The van der Waals surface area contributed by atoms with E-state index in [0.717, 1.165) is 18.9 Å². The van der Waals surface area contributed by atoms with Crippen LogP contribution in [0.4, 0.5) is 0 Å². The smallest absolute Gasteiger partial charge is 0.333 e. The van der Waals surface area contributed by atoms with Crippen molar-refractivity contribution in [1.82, 2.24) is 0 Å². The van der Waals surface area contributed by atoms with Crippen molar-refractivity contribution < 1.29 is 28.6 Å². The molecule has 0 aromatic rings. The van der Waals surface area contributed by atoms with Gasteiger partial charge in [0.15, 0.2) is 0 Å². The highest BCUT2D eigenvalue weighted by Crippen LogP contribution is 1.94. The third-order valence-corrected chi connectivity index (χ3v) is 2.07. The van der Waals surface area contributed by atoms with Gasteiger partial charge in [-0.1, -0.05) is 33.1 Å². The molecule has 0 saturated heterocycles. The summed E-state index contributed by atoms with van der Waals surface area (Å²) in [4.78, 5) is 31.0. The molecule has 0 rings (SSSR count). The van der Waals surface area contributed by atoms with E-state index in [9.17, 15) is 14.4 Å². The Morgan fingerprint density at radius 3 is 1.62 bits per heavy atom. The molecule has 138 valence electrons. The molecule has 0 aromatic heterocycles. The molecule has 6 heteroatoms. The van der Waals surface area contributed by atoms with Gasteiger partial charge in [0.1, 0.15) is 0 Å². The van der Waals surface area contributed by atoms with Gasteiger partial charge in [-0.2, -0.15) is 0 Å². The van der Waals surface area contributed by atoms with Gasteiger partial charge in [0.2, 0.25) is 0 Å². The Labute approximate surface area is 145 Å². The summed E-state index contributed by atoms with van der Waals surface area (Å²) in [6.07, 6.45) is 3.09. The number of methoxy groups -OCH3 is 1. The highest BCUT2D eigenvalue weighted by molar-refractivity contribution is 5.87. The van der Waals surface area contributed by atoms with Crippen molar-refractivity contribution in [3.8, 4) is 0 Å². The molecule has 0 spiro atoms. The van der Waals surface area contributed by atoms with E-state index in [2.05, 4.69) is 36.1 Å². The Hall–Kier alpha value is -2.37. The van der Waals surface area contributed by atoms with E-state index < -0.39 is 5.97 Å². The van der Waals surface area contributed by atoms with E-state index in [1.54, 1.807) is 20.8 Å². The molecule has 0 saturated carbocycles. The normalized spacial score (nSPS) is 8.21. The first-order chi connectivity index (χ1) is 11.2. The van der Waals surface area contributed by atoms with Crippen molar-refractivity contribution in [1.29, 1.82) is 0 Å². The summed E-state index contributed by atoms with van der Waals surface area (Å²) in [6, 6.07) is 0. The van der Waals surface area contributed by atoms with Gasteiger partial charge in [0, 0.05) is 17.2 Å². The van der Waals surface area contributed by atoms with Crippen LogP contribution >= 0.6 is 0 Å². The van der Waals surface area contributed by atoms with Crippen molar-refractivity contribution >= 4 is 17.9 Å². The van der Waals surface area contributed by atoms with Crippen LogP contribution in [0.25, 0.3) is 0 Å². The highest BCUT2D eigenvalue weighted by Gasteiger charge is 2.00. The molecule has 0 heterocycles. The van der Waals surface area contributed by atoms with Crippen molar-refractivity contribution in [2.75, 3.05) is 20.3 Å². The average Bonchev–Trinajstić information content (AvgIpc) is 2.55. The molecule has 0 radical (unpaired) electrons. The fourth-order valence-corrected chi connectivity index (χ4v) is 0.770. The van der Waals surface area contributed by atoms with E-state index in [0.29, 0.717) is 24.4 Å². The van der Waals surface area contributed by atoms with Gasteiger partial charge >= 0.3 is 17.9 Å². The second kappa shape index (κ2) is 18.7. The number of ether oxygens (including phenoxy) is 3. The maximum absolute atomic E-state index is 10.7. The van der Waals surface area contributed by atoms with Crippen LogP contribution < -0.4 is 0 Å². The molecule has 0 amide bonds. The van der Waals surface area contributed by atoms with Crippen LogP contribution in [0.5, 0.6) is 0 Å². The van der Waals surface area contributed by atoms with Crippen molar-refractivity contribution in [2.45, 2.75) is 40.5 Å². The van der Waals surface area contributed by atoms with E-state index in [4.69, 9.17) is 4.74 Å². The number of hydrogen-bond acceptors (Lipinski definition) is 6. The molecular weight excluding hydrogens is 312 g/mol. The molecule has 0 aliphatic heterocycles. The van der Waals surface area contributed by atoms with Gasteiger partial charge in [-0.25, -0.2) is 14.4 Å². The van der Waals surface area contributed by atoms with E-state index >= 15 is 0 Å². The molecule has 24 heavy (non-hydrogen) atoms. The summed E-state index contributed by atoms with van der Waals surface area (Å²) >= 11 is 0. The predicted molar refractivity (Wildman–Crippen MR) is 94.3 cm³/mol. The molecule has 0 atom stereocenters. The molecule has 6 nitrogen and oxygen atoms in total. The zero-order valence-electron chi connectivity index (χ0n) is 15.5. The quantitative estimate of drug-likeness (QED) is 0.305. The van der Waals surface area contributed by atoms with Gasteiger partial charge < -0.3 is 14.2 Å². The average molecular weight is 342 g/mol. The van der Waals surface area contributed by atoms with E-state index in [-0.39, 0.29) is 11.9 Å². The van der Waals surface area contributed by atoms with Crippen LogP contribution in [0.3, 0.4) is 0 Å². The molecule has 0 N–H and O–H groups in total. The summed E-state index contributed by atoms with van der Waals surface area (Å²) in [6.45, 7) is 18.0. The summed E-state index contributed by atoms with van der Waals surface area (Å²) in [7, 11) is 1.31. The lowest BCUT2D eigenvalue weighted by atomic mass is 10.3. The number of carbonyl (C=O) groups excluding carboxylic acids is 3. The Morgan fingerprint density at radius 1 is 0.958 bits per heavy atom. The molecule has 0 aromatic carbocycles. The minimum absolute atomic E-state index is 0.284. The van der Waals surface area contributed by atoms with Crippen molar-refractivity contribution in [3.05, 3.63) is 37.0 Å². The summed E-state index contributed by atoms with van der Waals surface area (Å²) < 4.78 is 13.5. The lowest BCUT2D eigenvalue weighted by Crippen LogP contribution is -2.05. The third-order valence-electron chi connectivity index (χ3n) is 2.07. The Morgan fingerprint density at radius 2 is 1.42 bits per heavy atom. The van der Waals surface area contributed by atoms with Gasteiger partial charge in [-0.15, -0.1) is 0 Å². The first-order valence-electron chi connectivity index (χ1n) is 7.53. The molecule has 0 aliphatic carbocycles. The number of unbranched alkanes of at least 4 members (excludes halogenated alkanes) is 1. The van der Waals surface area contributed by atoms with Gasteiger partial charge in [0.05, 0.1) is 20.3 Å². The summed E-state index contributed by atoms with van der Waals surface area (Å²) in [5.41, 5.74) is 0.919. The van der Waals surface area contributed by atoms with Crippen molar-refractivity contribution in [3.63, 3.8) is 0 Å². The second-order valence-electron chi connectivity index (χ2n) is 4.50. The Kier molecular flexibility index (Phi) is 20.6. The van der Waals surface area contributed by atoms with Crippen LogP contribution in [0.2, 0.25) is 0 Å². The first-order valence-corrected chi connectivity index (χ1v) is 7.53. The zero-order valence-corrected chi connectivity index (χ0v) is 15.5. The minimum Gasteiger partial charge on any atom is -0.466 e. The maximum Gasteiger partial charge on any atom is 0.333 e. The fourth-order valence-electron chi connectivity index (χ4n) is 0.770. The molecule has 0 aliphatic rings. The second-order valence-corrected chi connectivity index (χ2v) is 4.50. The molecular formula is C18H30O6. The monoisotopic (exact) mass is 342 g/mol. The predicted octanol–water partition coefficient (Wildman–Crippen LogP) is 3.38. The van der Waals surface area contributed by atoms with Crippen LogP contribution in [0.1, 0.15) is 40.5 Å². The van der Waals surface area contributed by atoms with Crippen molar-refractivity contribution in [2.24, 2.45) is 0 Å². The zero-order chi connectivity index (χ0) is 19.5. The molecule has 0 fully saturated rings. The topological polar surface area (TPSA) is 78.9 Å². The lowest BCUT2D eigenvalue weighted by molar-refractivity contribution is -0.139. The highest BCUT2D eigenvalue weighted by atomic mass is 16.5. The maximum atomic E-state index is 10.7. The lowest BCUT2D eigenvalue weighted by Gasteiger charge is -2.01. The number of rotatable bonds is 7. The van der Waals surface area contributed by atoms with E-state index in [1.165, 1.54) is 7.11 Å². The number of carbonyl (C=O) groups is 3. The van der Waals surface area contributed by atoms with Crippen LogP contribution in [0, 0.1) is 0 Å². The summed E-state index contributed by atoms with van der Waals surface area (Å²) in [5.74, 6) is -0.990. The van der Waals surface area contributed by atoms with Crippen LogP contribution in [-0.4, -0.2) is 38.2 Å². The number of hydrogen-bond donors (Lipinski definition) is 0. The van der Waals surface area contributed by atoms with Gasteiger partial charge in [0.25, 0.3) is 0 Å². The standard InChI is InChI=1S/C8H14O2.C6H10O2.C4H6O2/c1-4-5-6-10-8(9)7(2)3;1-4-8-6(7)5(2)3;1-3-4(5)6-2/h2,4-6H2,1,3H3;2,4H2,1,3H3;3H,1H2,2H3. The minimum atomic E-state index is -0.394. The summed E-state index contributed by atoms with van der Waals surface area (Å²) in [5, 5.41) is 0. The van der Waals surface area contributed by atoms with Crippen LogP contribution in [-0.2, 0) is 28.6 Å². The van der Waals surface area contributed by atoms with Crippen LogP contribution in [0.15, 0.2) is 37.0 Å². The molecule has 0 unspecified atom stereocenters. The number of esters is 3. The SMILES string of the molecule is C=C(C)C(=O)OCC.C=C(C)C(=O)OCCCC.C=CC(=O)OC. The molecule has 0 bridgehead atoms. The van der Waals surface area contributed by atoms with Gasteiger partial charge in [-0.05, 0) is 27.2 Å². The third kappa shape index (κ3) is 21.9. The Bertz CT molecular complexity index is 423. The first kappa shape index (κ1) is 26.5.